The second kappa shape index (κ2) is 4.41. The monoisotopic (exact) mass is 210 g/mol. The summed E-state index contributed by atoms with van der Waals surface area (Å²) in [6, 6.07) is 0. The summed E-state index contributed by atoms with van der Waals surface area (Å²) in [5.41, 5.74) is 1.31. The largest absolute Gasteiger partial charge is 0.315 e. The highest BCUT2D eigenvalue weighted by molar-refractivity contribution is 7.11. The lowest BCUT2D eigenvalue weighted by Gasteiger charge is -2.22. The first-order valence-electron chi connectivity index (χ1n) is 5.48. The van der Waals surface area contributed by atoms with Crippen LogP contribution in [0.4, 0.5) is 0 Å². The first-order chi connectivity index (χ1) is 6.85. The van der Waals surface area contributed by atoms with E-state index >= 15 is 0 Å². The van der Waals surface area contributed by atoms with Crippen LogP contribution in [0, 0.1) is 0 Å². The summed E-state index contributed by atoms with van der Waals surface area (Å²) < 4.78 is 0. The Balaban J connectivity index is 2.16. The zero-order chi connectivity index (χ0) is 9.97. The lowest BCUT2D eigenvalue weighted by molar-refractivity contribution is 0.418. The van der Waals surface area contributed by atoms with E-state index in [-0.39, 0.29) is 0 Å². The molecule has 78 valence electrons. The van der Waals surface area contributed by atoms with Crippen molar-refractivity contribution in [3.8, 4) is 0 Å². The Morgan fingerprint density at radius 3 is 2.79 bits per heavy atom. The molecule has 0 amide bonds. The van der Waals surface area contributed by atoms with E-state index in [2.05, 4.69) is 12.2 Å². The Morgan fingerprint density at radius 1 is 1.50 bits per heavy atom. The van der Waals surface area contributed by atoms with Crippen molar-refractivity contribution < 1.29 is 0 Å². The average molecular weight is 210 g/mol. The lowest BCUT2D eigenvalue weighted by atomic mass is 9.86. The molecule has 1 aromatic rings. The Kier molecular flexibility index (Phi) is 3.19. The fraction of sp³-hybridized carbons (Fsp3) is 0.727. The molecule has 0 aliphatic heterocycles. The minimum atomic E-state index is 0.788. The third-order valence-corrected chi connectivity index (χ3v) is 4.18. The van der Waals surface area contributed by atoms with Crippen molar-refractivity contribution in [3.63, 3.8) is 0 Å². The van der Waals surface area contributed by atoms with E-state index in [0.29, 0.717) is 0 Å². The maximum atomic E-state index is 4.75. The van der Waals surface area contributed by atoms with Crippen molar-refractivity contribution in [1.29, 1.82) is 0 Å². The summed E-state index contributed by atoms with van der Waals surface area (Å²) in [4.78, 5) is 6.19. The summed E-state index contributed by atoms with van der Waals surface area (Å²) in [5, 5.41) is 4.60. The normalized spacial score (nSPS) is 17.0. The van der Waals surface area contributed by atoms with Gasteiger partial charge in [0.25, 0.3) is 0 Å². The molecule has 0 bridgehead atoms. The fourth-order valence-corrected chi connectivity index (χ4v) is 3.14. The van der Waals surface area contributed by atoms with Crippen LogP contribution in [-0.2, 0) is 13.0 Å². The number of hydrogen-bond acceptors (Lipinski definition) is 3. The van der Waals surface area contributed by atoms with Gasteiger partial charge in [0.15, 0.2) is 0 Å². The van der Waals surface area contributed by atoms with E-state index in [4.69, 9.17) is 4.98 Å². The predicted molar refractivity (Wildman–Crippen MR) is 60.8 cm³/mol. The minimum absolute atomic E-state index is 0.788. The second-order valence-corrected chi connectivity index (χ2v) is 5.05. The molecule has 0 radical (unpaired) electrons. The van der Waals surface area contributed by atoms with E-state index < -0.39 is 0 Å². The Labute approximate surface area is 89.8 Å². The summed E-state index contributed by atoms with van der Waals surface area (Å²) in [5.74, 6) is 0.788. The molecule has 14 heavy (non-hydrogen) atoms. The highest BCUT2D eigenvalue weighted by atomic mass is 32.1. The van der Waals surface area contributed by atoms with Gasteiger partial charge in [0.2, 0.25) is 0 Å². The molecule has 1 saturated carbocycles. The van der Waals surface area contributed by atoms with Gasteiger partial charge >= 0.3 is 0 Å². The number of aromatic nitrogens is 1. The minimum Gasteiger partial charge on any atom is -0.315 e. The van der Waals surface area contributed by atoms with Crippen molar-refractivity contribution in [1.82, 2.24) is 10.3 Å². The standard InChI is InChI=1S/C11H18N2S/c1-3-9-10(7-12-2)14-11(13-9)8-5-4-6-8/h8,12H,3-7H2,1-2H3. The van der Waals surface area contributed by atoms with Crippen LogP contribution >= 0.6 is 11.3 Å². The molecule has 1 aliphatic carbocycles. The third kappa shape index (κ3) is 1.84. The number of nitrogens with one attached hydrogen (secondary N) is 1. The van der Waals surface area contributed by atoms with E-state index in [9.17, 15) is 0 Å². The third-order valence-electron chi connectivity index (χ3n) is 2.92. The highest BCUT2D eigenvalue weighted by Gasteiger charge is 2.23. The van der Waals surface area contributed by atoms with Gasteiger partial charge in [0, 0.05) is 17.3 Å². The fourth-order valence-electron chi connectivity index (χ4n) is 1.81. The van der Waals surface area contributed by atoms with Crippen LogP contribution in [0.2, 0.25) is 0 Å². The van der Waals surface area contributed by atoms with Gasteiger partial charge in [-0.05, 0) is 26.3 Å². The molecule has 0 saturated heterocycles. The molecular formula is C11H18N2S. The van der Waals surface area contributed by atoms with Gasteiger partial charge in [0.1, 0.15) is 0 Å². The molecular weight excluding hydrogens is 192 g/mol. The van der Waals surface area contributed by atoms with E-state index in [1.807, 2.05) is 18.4 Å². The maximum absolute atomic E-state index is 4.75. The number of rotatable bonds is 4. The van der Waals surface area contributed by atoms with Crippen LogP contribution in [-0.4, -0.2) is 12.0 Å². The van der Waals surface area contributed by atoms with Gasteiger partial charge in [-0.25, -0.2) is 4.98 Å². The van der Waals surface area contributed by atoms with Crippen molar-refractivity contribution in [2.45, 2.75) is 45.1 Å². The first kappa shape index (κ1) is 10.1. The summed E-state index contributed by atoms with van der Waals surface area (Å²) in [6.45, 7) is 3.17. The quantitative estimate of drug-likeness (QED) is 0.826. The smallest absolute Gasteiger partial charge is 0.0962 e. The van der Waals surface area contributed by atoms with Crippen LogP contribution < -0.4 is 5.32 Å². The molecule has 1 N–H and O–H groups in total. The first-order valence-corrected chi connectivity index (χ1v) is 6.29. The van der Waals surface area contributed by atoms with Crippen LogP contribution in [0.15, 0.2) is 0 Å². The molecule has 2 nitrogen and oxygen atoms in total. The van der Waals surface area contributed by atoms with E-state index in [0.717, 1.165) is 18.9 Å². The van der Waals surface area contributed by atoms with Crippen LogP contribution in [0.25, 0.3) is 0 Å². The van der Waals surface area contributed by atoms with Gasteiger partial charge in [-0.2, -0.15) is 0 Å². The Hall–Kier alpha value is -0.410. The summed E-state index contributed by atoms with van der Waals surface area (Å²) in [7, 11) is 2.00. The van der Waals surface area contributed by atoms with Crippen LogP contribution in [0.5, 0.6) is 0 Å². The van der Waals surface area contributed by atoms with Gasteiger partial charge in [0.05, 0.1) is 10.7 Å². The lowest BCUT2D eigenvalue weighted by Crippen LogP contribution is -2.08. The number of thiazole rings is 1. The molecule has 0 aromatic carbocycles. The summed E-state index contributed by atoms with van der Waals surface area (Å²) in [6.07, 6.45) is 5.18. The molecule has 3 heteroatoms. The Bertz CT molecular complexity index is 302. The van der Waals surface area contributed by atoms with Gasteiger partial charge < -0.3 is 5.32 Å². The van der Waals surface area contributed by atoms with Gasteiger partial charge in [-0.15, -0.1) is 11.3 Å². The number of hydrogen-bond donors (Lipinski definition) is 1. The molecule has 0 spiro atoms. The second-order valence-electron chi connectivity index (χ2n) is 3.93. The van der Waals surface area contributed by atoms with Gasteiger partial charge in [-0.3, -0.25) is 0 Å². The molecule has 0 unspecified atom stereocenters. The predicted octanol–water partition coefficient (Wildman–Crippen LogP) is 2.69. The molecule has 1 heterocycles. The molecule has 2 rings (SSSR count). The van der Waals surface area contributed by atoms with Gasteiger partial charge in [-0.1, -0.05) is 13.3 Å². The van der Waals surface area contributed by atoms with Crippen molar-refractivity contribution in [2.75, 3.05) is 7.05 Å². The van der Waals surface area contributed by atoms with E-state index in [1.54, 1.807) is 0 Å². The zero-order valence-corrected chi connectivity index (χ0v) is 9.78. The molecule has 0 atom stereocenters. The van der Waals surface area contributed by atoms with Crippen LogP contribution in [0.3, 0.4) is 0 Å². The number of nitrogens with zero attached hydrogens (tertiary/aromatic N) is 1. The average Bonchev–Trinajstić information content (AvgIpc) is 2.46. The zero-order valence-electron chi connectivity index (χ0n) is 8.97. The molecule has 1 fully saturated rings. The van der Waals surface area contributed by atoms with Crippen molar-refractivity contribution >= 4 is 11.3 Å². The topological polar surface area (TPSA) is 24.9 Å². The van der Waals surface area contributed by atoms with Crippen molar-refractivity contribution in [3.05, 3.63) is 15.6 Å². The molecule has 1 aliphatic rings. The van der Waals surface area contributed by atoms with E-state index in [1.165, 1.54) is 34.8 Å². The highest BCUT2D eigenvalue weighted by Crippen LogP contribution is 2.39. The molecule has 1 aromatic heterocycles. The van der Waals surface area contributed by atoms with Crippen LogP contribution in [0.1, 0.15) is 47.7 Å². The number of aryl methyl sites for hydroxylation is 1. The Morgan fingerprint density at radius 2 is 2.29 bits per heavy atom. The summed E-state index contributed by atoms with van der Waals surface area (Å²) >= 11 is 1.92. The maximum Gasteiger partial charge on any atom is 0.0962 e. The SMILES string of the molecule is CCc1nc(C2CCC2)sc1CNC. The van der Waals surface area contributed by atoms with Crippen molar-refractivity contribution in [2.24, 2.45) is 0 Å².